The van der Waals surface area contributed by atoms with Crippen LogP contribution in [0, 0.1) is 27.7 Å². The van der Waals surface area contributed by atoms with Gasteiger partial charge in [-0.3, -0.25) is 19.6 Å². The maximum Gasteiger partial charge on any atom is 0.254 e. The zero-order valence-electron chi connectivity index (χ0n) is 63.0. The SMILES string of the molecule is Cc1cccc(C)c1N(c1ccccc1)c1cc2c3c(n1)N(c1ccccc1)c1cc4c(cc1B3c1ccccc1N2c1ccccc1)B1c2cc3c(cc2N(c2ccc5c(c2)C(C)(C)CCC5(C)C)c2cc(N(c5ccccc5)c5c(C)cccc5C)nc(c21)N4c1ccccc1)C(C)(C)CCC3(C)C. The molecule has 2 aliphatic carbocycles. The van der Waals surface area contributed by atoms with Crippen LogP contribution in [0.5, 0.6) is 0 Å². The van der Waals surface area contributed by atoms with Crippen LogP contribution in [0.15, 0.2) is 267 Å². The summed E-state index contributed by atoms with van der Waals surface area (Å²) in [4.78, 5) is 27.7. The van der Waals surface area contributed by atoms with Gasteiger partial charge in [-0.1, -0.05) is 219 Å². The van der Waals surface area contributed by atoms with Crippen LogP contribution in [0.1, 0.15) is 126 Å². The van der Waals surface area contributed by atoms with Crippen molar-refractivity contribution in [2.45, 2.75) is 130 Å². The average Bonchev–Trinajstić information content (AvgIpc) is 0.679. The van der Waals surface area contributed by atoms with Gasteiger partial charge in [0.2, 0.25) is 0 Å². The Balaban J connectivity index is 0.968. The average molecular weight is 1380 g/mol. The van der Waals surface area contributed by atoms with Crippen LogP contribution in [-0.2, 0) is 21.7 Å². The van der Waals surface area contributed by atoms with E-state index in [0.29, 0.717) is 0 Å². The summed E-state index contributed by atoms with van der Waals surface area (Å²) in [5, 5.41) is 0. The summed E-state index contributed by atoms with van der Waals surface area (Å²) in [6.45, 7) is 28.2. The van der Waals surface area contributed by atoms with Gasteiger partial charge in [-0.2, -0.15) is 0 Å². The Kier molecular flexibility index (Phi) is 14.9. The van der Waals surface area contributed by atoms with Crippen molar-refractivity contribution in [1.29, 1.82) is 0 Å². The molecule has 0 spiro atoms. The van der Waals surface area contributed by atoms with E-state index in [1.807, 2.05) is 0 Å². The minimum atomic E-state index is -0.287. The molecule has 0 saturated carbocycles. The first-order valence-electron chi connectivity index (χ1n) is 38.1. The lowest BCUT2D eigenvalue weighted by atomic mass is 9.30. The molecule has 4 aliphatic heterocycles. The number of para-hydroxylation sites is 8. The Labute approximate surface area is 626 Å². The third kappa shape index (κ3) is 10.0. The number of pyridine rings is 2. The summed E-state index contributed by atoms with van der Waals surface area (Å²) >= 11 is 0. The maximum absolute atomic E-state index is 6.39. The fourth-order valence-corrected chi connectivity index (χ4v) is 19.2. The van der Waals surface area contributed by atoms with Crippen molar-refractivity contribution in [3.8, 4) is 0 Å². The minimum absolute atomic E-state index is 0.0178. The molecule has 13 aromatic rings. The third-order valence-electron chi connectivity index (χ3n) is 24.8. The fraction of sp³-hybridized carbons (Fsp3) is 0.208. The topological polar surface area (TPSA) is 45.2 Å². The van der Waals surface area contributed by atoms with Gasteiger partial charge in [0, 0.05) is 80.4 Å². The molecule has 10 heteroatoms. The monoisotopic (exact) mass is 1370 g/mol. The smallest absolute Gasteiger partial charge is 0.254 e. The standard InChI is InChI=1S/C96H88B2N8/c1-61-32-30-33-62(2)89(61)105(68-42-24-16-25-43-68)85-59-83-87-91(99-85)103(66-38-20-14-21-39-66)81-58-82-78(57-77(81)97(87)75-46-28-29-47-79(75)101(83)65-36-18-13-19-37-65)98-76-55-73-74(96(11,12)53-52-95(73,9)10)56-80(76)102(70-48-49-71-72(54-70)94(7,8)51-50-93(71,5)6)84-60-86(100-92(88(84)98)104(82)67-40-22-15-23-41-67)106(69-44-26-17-27-45-69)90-63(3)34-31-35-64(90)4/h13-49,54-60H,50-53H2,1-12H3. The lowest BCUT2D eigenvalue weighted by Crippen LogP contribution is -2.65. The van der Waals surface area contributed by atoms with Gasteiger partial charge < -0.3 is 9.80 Å². The molecule has 0 unspecified atom stereocenters. The van der Waals surface area contributed by atoms with E-state index < -0.39 is 0 Å². The molecule has 0 N–H and O–H groups in total. The van der Waals surface area contributed by atoms with Crippen LogP contribution in [0.3, 0.4) is 0 Å². The number of benzene rings is 11. The summed E-state index contributed by atoms with van der Waals surface area (Å²) < 4.78 is 0. The zero-order chi connectivity index (χ0) is 72.4. The number of rotatable bonds is 10. The van der Waals surface area contributed by atoms with E-state index in [1.54, 1.807) is 0 Å². The van der Waals surface area contributed by atoms with Gasteiger partial charge in [0.1, 0.15) is 23.3 Å². The highest BCUT2D eigenvalue weighted by molar-refractivity contribution is 7.03. The first kappa shape index (κ1) is 65.4. The molecule has 518 valence electrons. The van der Waals surface area contributed by atoms with Crippen LogP contribution in [0.25, 0.3) is 0 Å². The molecule has 19 rings (SSSR count). The van der Waals surface area contributed by atoms with Crippen molar-refractivity contribution in [1.82, 2.24) is 9.97 Å². The molecule has 106 heavy (non-hydrogen) atoms. The Morgan fingerprint density at radius 3 is 1.10 bits per heavy atom. The van der Waals surface area contributed by atoms with Gasteiger partial charge in [-0.15, -0.1) is 0 Å². The Morgan fingerprint density at radius 1 is 0.283 bits per heavy atom. The molecule has 11 aromatic carbocycles. The second-order valence-corrected chi connectivity index (χ2v) is 33.3. The lowest BCUT2D eigenvalue weighted by Gasteiger charge is -2.48. The van der Waals surface area contributed by atoms with Crippen molar-refractivity contribution in [3.05, 3.63) is 311 Å². The number of anilines is 18. The summed E-state index contributed by atoms with van der Waals surface area (Å²) in [7, 11) is 0. The summed E-state index contributed by atoms with van der Waals surface area (Å²) in [6.07, 6.45) is 4.42. The first-order chi connectivity index (χ1) is 51.2. The minimum Gasteiger partial charge on any atom is -0.311 e. The van der Waals surface area contributed by atoms with Crippen molar-refractivity contribution in [2.24, 2.45) is 0 Å². The second kappa shape index (κ2) is 24.1. The van der Waals surface area contributed by atoms with E-state index in [1.165, 1.54) is 66.4 Å². The quantitative estimate of drug-likeness (QED) is 0.126. The number of hydrogen-bond donors (Lipinski definition) is 0. The number of aromatic nitrogens is 2. The molecule has 6 aliphatic rings. The molecule has 0 amide bonds. The summed E-state index contributed by atoms with van der Waals surface area (Å²) in [6, 6.07) is 100. The molecule has 0 fully saturated rings. The predicted molar refractivity (Wildman–Crippen MR) is 449 cm³/mol. The highest BCUT2D eigenvalue weighted by atomic mass is 15.3. The molecular weight excluding hydrogens is 1290 g/mol. The van der Waals surface area contributed by atoms with Gasteiger partial charge in [0.15, 0.2) is 0 Å². The number of hydrogen-bond acceptors (Lipinski definition) is 8. The van der Waals surface area contributed by atoms with Crippen molar-refractivity contribution >= 4 is 149 Å². The number of aryl methyl sites for hydroxylation is 4. The highest BCUT2D eigenvalue weighted by Crippen LogP contribution is 2.56. The third-order valence-corrected chi connectivity index (χ3v) is 24.8. The fourth-order valence-electron chi connectivity index (χ4n) is 19.2. The largest absolute Gasteiger partial charge is 0.311 e. The van der Waals surface area contributed by atoms with Gasteiger partial charge in [0.05, 0.1) is 11.4 Å². The molecule has 8 nitrogen and oxygen atoms in total. The Morgan fingerprint density at radius 2 is 0.642 bits per heavy atom. The van der Waals surface area contributed by atoms with E-state index in [4.69, 9.17) is 9.97 Å². The van der Waals surface area contributed by atoms with E-state index >= 15 is 0 Å². The molecular formula is C96H88B2N8. The molecule has 0 saturated heterocycles. The highest BCUT2D eigenvalue weighted by Gasteiger charge is 2.52. The van der Waals surface area contributed by atoms with E-state index in [0.717, 1.165) is 139 Å². The summed E-state index contributed by atoms with van der Waals surface area (Å²) in [5.41, 5.74) is 32.7. The maximum atomic E-state index is 6.39. The Hall–Kier alpha value is -11.4. The van der Waals surface area contributed by atoms with E-state index in [2.05, 4.69) is 379 Å². The molecule has 0 bridgehead atoms. The van der Waals surface area contributed by atoms with E-state index in [-0.39, 0.29) is 35.1 Å². The molecule has 6 heterocycles. The van der Waals surface area contributed by atoms with Crippen LogP contribution in [0.4, 0.5) is 103 Å². The normalized spacial score (nSPS) is 16.2. The van der Waals surface area contributed by atoms with Crippen molar-refractivity contribution < 1.29 is 0 Å². The number of nitrogens with zero attached hydrogens (tertiary/aromatic N) is 8. The van der Waals surface area contributed by atoms with E-state index in [9.17, 15) is 0 Å². The van der Waals surface area contributed by atoms with Crippen molar-refractivity contribution in [3.63, 3.8) is 0 Å². The molecule has 0 atom stereocenters. The lowest BCUT2D eigenvalue weighted by molar-refractivity contribution is 0.332. The van der Waals surface area contributed by atoms with Crippen LogP contribution < -0.4 is 62.2 Å². The van der Waals surface area contributed by atoms with Crippen LogP contribution in [-0.4, -0.2) is 23.4 Å². The predicted octanol–water partition coefficient (Wildman–Crippen LogP) is 21.5. The van der Waals surface area contributed by atoms with Gasteiger partial charge >= 0.3 is 0 Å². The molecule has 2 aromatic heterocycles. The van der Waals surface area contributed by atoms with Gasteiger partial charge in [-0.05, 0) is 243 Å². The Bertz CT molecular complexity index is 5680. The molecule has 0 radical (unpaired) electrons. The van der Waals surface area contributed by atoms with Crippen LogP contribution in [0.2, 0.25) is 0 Å². The first-order valence-corrected chi connectivity index (χ1v) is 38.1. The second-order valence-electron chi connectivity index (χ2n) is 33.3. The van der Waals surface area contributed by atoms with Gasteiger partial charge in [-0.25, -0.2) is 9.97 Å². The van der Waals surface area contributed by atoms with Crippen molar-refractivity contribution in [2.75, 3.05) is 29.4 Å². The van der Waals surface area contributed by atoms with Crippen LogP contribution >= 0.6 is 0 Å². The number of fused-ring (bicyclic) bond motifs is 10. The van der Waals surface area contributed by atoms with Gasteiger partial charge in [0.25, 0.3) is 13.4 Å². The summed E-state index contributed by atoms with van der Waals surface area (Å²) in [5.74, 6) is 3.43. The zero-order valence-corrected chi connectivity index (χ0v) is 63.0.